The fraction of sp³-hybridized carbons (Fsp3) is 0.577. The number of likely N-dealkylation sites (N-methyl/N-ethyl adjacent to an activating group) is 2. The summed E-state index contributed by atoms with van der Waals surface area (Å²) in [5, 5.41) is 32.2. The lowest BCUT2D eigenvalue weighted by atomic mass is 10.1. The van der Waals surface area contributed by atoms with Crippen LogP contribution in [0.25, 0.3) is 0 Å². The molecule has 2 aromatic heterocycles. The largest absolute Gasteiger partial charge is 0.400 e. The monoisotopic (exact) mass is 507 g/mol. The molecule has 1 unspecified atom stereocenters. The summed E-state index contributed by atoms with van der Waals surface area (Å²) >= 11 is 0. The molecule has 10 heteroatoms. The van der Waals surface area contributed by atoms with Crippen molar-refractivity contribution in [2.45, 2.75) is 38.5 Å². The first kappa shape index (κ1) is 33.5. The summed E-state index contributed by atoms with van der Waals surface area (Å²) in [6, 6.07) is 11.9. The van der Waals surface area contributed by atoms with E-state index in [1.807, 2.05) is 55.4 Å². The highest BCUT2D eigenvalue weighted by Crippen LogP contribution is 2.07. The molecular formula is C26H45N5O5. The number of amides is 1. The van der Waals surface area contributed by atoms with Gasteiger partial charge < -0.3 is 25.3 Å². The smallest absolute Gasteiger partial charge is 0.236 e. The van der Waals surface area contributed by atoms with Gasteiger partial charge in [-0.1, -0.05) is 12.1 Å². The Balaban J connectivity index is 0.00000291. The molecule has 204 valence electrons. The van der Waals surface area contributed by atoms with Crippen molar-refractivity contribution < 1.29 is 25.2 Å². The Kier molecular flexibility index (Phi) is 20.3. The van der Waals surface area contributed by atoms with Gasteiger partial charge >= 0.3 is 0 Å². The standard InChI is InChI=1S/C24H37N5O3.2CH4O/c1-27(19-24(32)28(2)14-8-5-11-23(31)20-30)15-16-29(17-21-9-3-6-12-25-21)18-22-10-4-7-13-26-22;2*1-2/h3-4,6-7,9-10,12-13,23,30-31H,5,8,11,14-20H2,1-2H3;2*2H,1H3. The van der Waals surface area contributed by atoms with Gasteiger partial charge in [-0.05, 0) is 50.6 Å². The summed E-state index contributed by atoms with van der Waals surface area (Å²) in [4.78, 5) is 27.5. The van der Waals surface area contributed by atoms with Gasteiger partial charge in [-0.15, -0.1) is 0 Å². The lowest BCUT2D eigenvalue weighted by Gasteiger charge is -2.26. The van der Waals surface area contributed by atoms with Crippen molar-refractivity contribution in [2.24, 2.45) is 0 Å². The zero-order chi connectivity index (χ0) is 27.2. The van der Waals surface area contributed by atoms with Crippen LogP contribution in [0.15, 0.2) is 48.8 Å². The van der Waals surface area contributed by atoms with Gasteiger partial charge in [-0.2, -0.15) is 0 Å². The maximum absolute atomic E-state index is 12.5. The third-order valence-corrected chi connectivity index (χ3v) is 5.34. The van der Waals surface area contributed by atoms with Crippen LogP contribution in [0.1, 0.15) is 30.7 Å². The van der Waals surface area contributed by atoms with Crippen molar-refractivity contribution in [3.05, 3.63) is 60.2 Å². The zero-order valence-electron chi connectivity index (χ0n) is 22.2. The number of unbranched alkanes of at least 4 members (excludes halogenated alkanes) is 1. The van der Waals surface area contributed by atoms with E-state index in [4.69, 9.17) is 15.3 Å². The molecule has 0 spiro atoms. The van der Waals surface area contributed by atoms with E-state index in [0.29, 0.717) is 19.5 Å². The maximum atomic E-state index is 12.5. The van der Waals surface area contributed by atoms with Crippen LogP contribution in [0.3, 0.4) is 0 Å². The molecule has 0 radical (unpaired) electrons. The van der Waals surface area contributed by atoms with Crippen LogP contribution in [0.5, 0.6) is 0 Å². The topological polar surface area (TPSA) is 133 Å². The summed E-state index contributed by atoms with van der Waals surface area (Å²) in [6.45, 7) is 3.78. The summed E-state index contributed by atoms with van der Waals surface area (Å²) in [7, 11) is 5.77. The number of hydrogen-bond donors (Lipinski definition) is 4. The number of aliphatic hydroxyl groups excluding tert-OH is 4. The molecule has 0 aliphatic carbocycles. The third-order valence-electron chi connectivity index (χ3n) is 5.34. The molecule has 2 aromatic rings. The van der Waals surface area contributed by atoms with E-state index in [1.54, 1.807) is 17.3 Å². The number of nitrogens with zero attached hydrogens (tertiary/aromatic N) is 5. The highest BCUT2D eigenvalue weighted by molar-refractivity contribution is 5.77. The van der Waals surface area contributed by atoms with Gasteiger partial charge in [0, 0.05) is 66.4 Å². The van der Waals surface area contributed by atoms with Crippen LogP contribution >= 0.6 is 0 Å². The van der Waals surface area contributed by atoms with Gasteiger partial charge in [-0.3, -0.25) is 24.6 Å². The van der Waals surface area contributed by atoms with Crippen LogP contribution < -0.4 is 0 Å². The molecule has 0 aliphatic rings. The Bertz CT molecular complexity index is 728. The predicted octanol–water partition coefficient (Wildman–Crippen LogP) is 0.610. The Labute approximate surface area is 215 Å². The third kappa shape index (κ3) is 15.5. The molecule has 0 saturated carbocycles. The van der Waals surface area contributed by atoms with Gasteiger partial charge in [0.25, 0.3) is 0 Å². The molecule has 0 aromatic carbocycles. The number of carbonyl (C=O) groups is 1. The SMILES string of the molecule is CN(CCN(Cc1ccccn1)Cc1ccccn1)CC(=O)N(C)CCCCC(O)CO.CO.CO. The lowest BCUT2D eigenvalue weighted by molar-refractivity contribution is -0.130. The van der Waals surface area contributed by atoms with Gasteiger partial charge in [0.15, 0.2) is 0 Å². The molecule has 0 saturated heterocycles. The van der Waals surface area contributed by atoms with Crippen LogP contribution in [0.2, 0.25) is 0 Å². The van der Waals surface area contributed by atoms with E-state index in [-0.39, 0.29) is 12.5 Å². The lowest BCUT2D eigenvalue weighted by Crippen LogP contribution is -2.40. The predicted molar refractivity (Wildman–Crippen MR) is 141 cm³/mol. The van der Waals surface area contributed by atoms with E-state index >= 15 is 0 Å². The van der Waals surface area contributed by atoms with Crippen molar-refractivity contribution in [1.82, 2.24) is 24.7 Å². The minimum atomic E-state index is -0.665. The Morgan fingerprint density at radius 1 is 0.861 bits per heavy atom. The fourth-order valence-electron chi connectivity index (χ4n) is 3.34. The second-order valence-corrected chi connectivity index (χ2v) is 8.24. The molecule has 0 bridgehead atoms. The average molecular weight is 508 g/mol. The van der Waals surface area contributed by atoms with E-state index in [1.165, 1.54) is 0 Å². The molecule has 1 atom stereocenters. The Morgan fingerprint density at radius 3 is 1.89 bits per heavy atom. The normalized spacial score (nSPS) is 11.3. The van der Waals surface area contributed by atoms with Crippen LogP contribution in [0.4, 0.5) is 0 Å². The maximum Gasteiger partial charge on any atom is 0.236 e. The Morgan fingerprint density at radius 2 is 1.42 bits per heavy atom. The minimum Gasteiger partial charge on any atom is -0.400 e. The van der Waals surface area contributed by atoms with Crippen molar-refractivity contribution in [3.63, 3.8) is 0 Å². The number of pyridine rings is 2. The number of hydrogen-bond acceptors (Lipinski definition) is 9. The minimum absolute atomic E-state index is 0.0798. The number of aromatic nitrogens is 2. The van der Waals surface area contributed by atoms with E-state index < -0.39 is 6.10 Å². The van der Waals surface area contributed by atoms with Crippen molar-refractivity contribution in [2.75, 3.05) is 61.1 Å². The van der Waals surface area contributed by atoms with Crippen molar-refractivity contribution in [1.29, 1.82) is 0 Å². The molecular weight excluding hydrogens is 462 g/mol. The van der Waals surface area contributed by atoms with E-state index in [2.05, 4.69) is 14.9 Å². The molecule has 0 aliphatic heterocycles. The van der Waals surface area contributed by atoms with Gasteiger partial charge in [0.1, 0.15) is 0 Å². The van der Waals surface area contributed by atoms with E-state index in [0.717, 1.165) is 64.6 Å². The molecule has 10 nitrogen and oxygen atoms in total. The van der Waals surface area contributed by atoms with Gasteiger partial charge in [0.2, 0.25) is 5.91 Å². The second-order valence-electron chi connectivity index (χ2n) is 8.24. The first-order chi connectivity index (χ1) is 17.5. The second kappa shape index (κ2) is 21.8. The highest BCUT2D eigenvalue weighted by Gasteiger charge is 2.14. The molecule has 36 heavy (non-hydrogen) atoms. The molecule has 0 fully saturated rings. The molecule has 1 amide bonds. The van der Waals surface area contributed by atoms with Crippen molar-refractivity contribution >= 4 is 5.91 Å². The quantitative estimate of drug-likeness (QED) is 0.256. The number of rotatable bonds is 15. The summed E-state index contributed by atoms with van der Waals surface area (Å²) < 4.78 is 0. The molecule has 4 N–H and O–H groups in total. The summed E-state index contributed by atoms with van der Waals surface area (Å²) in [5.74, 6) is 0.0798. The fourth-order valence-corrected chi connectivity index (χ4v) is 3.34. The van der Waals surface area contributed by atoms with Crippen LogP contribution in [-0.2, 0) is 17.9 Å². The van der Waals surface area contributed by atoms with Crippen LogP contribution in [0, 0.1) is 0 Å². The zero-order valence-corrected chi connectivity index (χ0v) is 22.2. The summed E-state index contributed by atoms with van der Waals surface area (Å²) in [5.41, 5.74) is 2.02. The summed E-state index contributed by atoms with van der Waals surface area (Å²) in [6.07, 6.45) is 5.10. The molecule has 2 rings (SSSR count). The number of carbonyl (C=O) groups excluding carboxylic acids is 1. The van der Waals surface area contributed by atoms with Gasteiger partial charge in [-0.25, -0.2) is 0 Å². The average Bonchev–Trinajstić information content (AvgIpc) is 2.92. The highest BCUT2D eigenvalue weighted by atomic mass is 16.3. The van der Waals surface area contributed by atoms with Crippen LogP contribution in [-0.4, -0.2) is 118 Å². The first-order valence-corrected chi connectivity index (χ1v) is 12.1. The van der Waals surface area contributed by atoms with Crippen molar-refractivity contribution in [3.8, 4) is 0 Å². The molecule has 2 heterocycles. The van der Waals surface area contributed by atoms with Gasteiger partial charge in [0.05, 0.1) is 30.6 Å². The van der Waals surface area contributed by atoms with E-state index in [9.17, 15) is 9.90 Å². The number of aliphatic hydroxyl groups is 4. The first-order valence-electron chi connectivity index (χ1n) is 12.1. The Hall–Kier alpha value is -2.47.